The van der Waals surface area contributed by atoms with Crippen molar-refractivity contribution in [1.82, 2.24) is 4.98 Å². The number of methoxy groups -OCH3 is 2. The summed E-state index contributed by atoms with van der Waals surface area (Å²) in [6.45, 7) is 4.05. The van der Waals surface area contributed by atoms with Crippen molar-refractivity contribution in [3.63, 3.8) is 0 Å². The van der Waals surface area contributed by atoms with E-state index >= 15 is 0 Å². The van der Waals surface area contributed by atoms with Crippen LogP contribution in [-0.4, -0.2) is 37.0 Å². The van der Waals surface area contributed by atoms with Crippen molar-refractivity contribution in [2.24, 2.45) is 5.92 Å². The fourth-order valence-electron chi connectivity index (χ4n) is 2.55. The maximum absolute atomic E-state index is 9.94. The second-order valence-corrected chi connectivity index (χ2v) is 5.90. The Labute approximate surface area is 139 Å². The second kappa shape index (κ2) is 6.57. The molecule has 0 saturated heterocycles. The molecule has 1 N–H and O–H groups in total. The normalized spacial score (nSPS) is 12.8. The molecule has 6 nitrogen and oxygen atoms in total. The van der Waals surface area contributed by atoms with Crippen LogP contribution in [0.25, 0.3) is 22.0 Å². The maximum atomic E-state index is 9.94. The van der Waals surface area contributed by atoms with Crippen molar-refractivity contribution >= 4 is 22.0 Å². The molecular weight excluding hydrogens is 310 g/mol. The minimum atomic E-state index is -0.555. The topological polar surface area (TPSA) is 74.0 Å². The maximum Gasteiger partial charge on any atom is 0.230 e. The average Bonchev–Trinajstić information content (AvgIpc) is 3.04. The molecule has 2 heterocycles. The van der Waals surface area contributed by atoms with E-state index in [9.17, 15) is 5.11 Å². The summed E-state index contributed by atoms with van der Waals surface area (Å²) in [4.78, 5) is 4.53. The first kappa shape index (κ1) is 16.4. The first-order valence-electron chi connectivity index (χ1n) is 7.79. The van der Waals surface area contributed by atoms with Gasteiger partial charge in [0.1, 0.15) is 17.9 Å². The summed E-state index contributed by atoms with van der Waals surface area (Å²) in [5, 5.41) is 11.6. The van der Waals surface area contributed by atoms with E-state index in [0.717, 1.165) is 10.8 Å². The molecule has 1 aromatic carbocycles. The number of rotatable bonds is 6. The number of ether oxygens (including phenoxy) is 3. The van der Waals surface area contributed by atoms with Gasteiger partial charge in [-0.3, -0.25) is 0 Å². The van der Waals surface area contributed by atoms with Gasteiger partial charge in [-0.25, -0.2) is 4.98 Å². The first-order chi connectivity index (χ1) is 11.6. The van der Waals surface area contributed by atoms with Gasteiger partial charge in [0.05, 0.1) is 32.0 Å². The van der Waals surface area contributed by atoms with Crippen molar-refractivity contribution in [2.75, 3.05) is 20.8 Å². The number of aromatic nitrogens is 1. The SMILES string of the molecule is COc1c2ccoc2nc2c(OC)c(OCC(O)C(C)C)ccc12. The van der Waals surface area contributed by atoms with Crippen LogP contribution in [0.3, 0.4) is 0 Å². The molecule has 0 fully saturated rings. The third kappa shape index (κ3) is 2.73. The molecule has 0 aliphatic heterocycles. The summed E-state index contributed by atoms with van der Waals surface area (Å²) in [6, 6.07) is 5.48. The number of hydrogen-bond donors (Lipinski definition) is 1. The highest BCUT2D eigenvalue weighted by Gasteiger charge is 2.19. The number of pyridine rings is 1. The standard InChI is InChI=1S/C18H21NO5/c1-10(2)13(20)9-24-14-6-5-11-15(17(14)22-4)19-18-12(7-8-23-18)16(11)21-3/h5-8,10,13,20H,9H2,1-4H3. The highest BCUT2D eigenvalue weighted by molar-refractivity contribution is 6.02. The third-order valence-corrected chi connectivity index (χ3v) is 4.03. The number of aliphatic hydroxyl groups excluding tert-OH is 1. The molecule has 0 bridgehead atoms. The fourth-order valence-corrected chi connectivity index (χ4v) is 2.55. The lowest BCUT2D eigenvalue weighted by Gasteiger charge is -2.18. The Morgan fingerprint density at radius 3 is 2.50 bits per heavy atom. The van der Waals surface area contributed by atoms with Gasteiger partial charge in [0.25, 0.3) is 0 Å². The second-order valence-electron chi connectivity index (χ2n) is 5.90. The van der Waals surface area contributed by atoms with Gasteiger partial charge in [0.2, 0.25) is 5.71 Å². The van der Waals surface area contributed by atoms with E-state index < -0.39 is 6.10 Å². The highest BCUT2D eigenvalue weighted by atomic mass is 16.5. The van der Waals surface area contributed by atoms with E-state index in [1.165, 1.54) is 0 Å². The molecule has 3 aromatic rings. The van der Waals surface area contributed by atoms with Crippen molar-refractivity contribution in [1.29, 1.82) is 0 Å². The van der Waals surface area contributed by atoms with Crippen LogP contribution in [-0.2, 0) is 0 Å². The summed E-state index contributed by atoms with van der Waals surface area (Å²) >= 11 is 0. The number of hydrogen-bond acceptors (Lipinski definition) is 6. The Morgan fingerprint density at radius 2 is 1.83 bits per heavy atom. The van der Waals surface area contributed by atoms with E-state index in [4.69, 9.17) is 18.6 Å². The predicted octanol–water partition coefficient (Wildman–Crippen LogP) is 3.39. The number of aliphatic hydroxyl groups is 1. The number of benzene rings is 1. The zero-order chi connectivity index (χ0) is 17.3. The molecule has 0 spiro atoms. The largest absolute Gasteiger partial charge is 0.495 e. The Morgan fingerprint density at radius 1 is 1.08 bits per heavy atom. The molecule has 1 unspecified atom stereocenters. The Kier molecular flexibility index (Phi) is 4.49. The predicted molar refractivity (Wildman–Crippen MR) is 91.0 cm³/mol. The molecule has 0 saturated carbocycles. The molecule has 0 aliphatic carbocycles. The van der Waals surface area contributed by atoms with Crippen LogP contribution < -0.4 is 14.2 Å². The van der Waals surface area contributed by atoms with Crippen molar-refractivity contribution in [2.45, 2.75) is 20.0 Å². The Bertz CT molecular complexity index is 855. The summed E-state index contributed by atoms with van der Waals surface area (Å²) in [5.41, 5.74) is 1.06. The van der Waals surface area contributed by atoms with Crippen LogP contribution in [0, 0.1) is 5.92 Å². The zero-order valence-electron chi connectivity index (χ0n) is 14.2. The number of fused-ring (bicyclic) bond motifs is 2. The van der Waals surface area contributed by atoms with Gasteiger partial charge in [0, 0.05) is 5.39 Å². The summed E-state index contributed by atoms with van der Waals surface area (Å²) in [5.74, 6) is 1.79. The zero-order valence-corrected chi connectivity index (χ0v) is 14.2. The van der Waals surface area contributed by atoms with Gasteiger partial charge in [-0.15, -0.1) is 0 Å². The van der Waals surface area contributed by atoms with Crippen LogP contribution in [0.2, 0.25) is 0 Å². The highest BCUT2D eigenvalue weighted by Crippen LogP contribution is 2.41. The molecule has 128 valence electrons. The molecule has 0 radical (unpaired) electrons. The van der Waals surface area contributed by atoms with Crippen molar-refractivity contribution in [3.05, 3.63) is 24.5 Å². The van der Waals surface area contributed by atoms with Gasteiger partial charge in [-0.1, -0.05) is 13.8 Å². The van der Waals surface area contributed by atoms with Gasteiger partial charge < -0.3 is 23.7 Å². The van der Waals surface area contributed by atoms with E-state index in [1.54, 1.807) is 26.5 Å². The lowest BCUT2D eigenvalue weighted by molar-refractivity contribution is 0.0690. The molecule has 0 aliphatic rings. The molecule has 6 heteroatoms. The Balaban J connectivity index is 2.11. The van der Waals surface area contributed by atoms with Crippen LogP contribution in [0.1, 0.15) is 13.8 Å². The minimum Gasteiger partial charge on any atom is -0.495 e. The van der Waals surface area contributed by atoms with Crippen LogP contribution >= 0.6 is 0 Å². The summed E-state index contributed by atoms with van der Waals surface area (Å²) in [7, 11) is 3.16. The van der Waals surface area contributed by atoms with E-state index in [0.29, 0.717) is 28.5 Å². The first-order valence-corrected chi connectivity index (χ1v) is 7.79. The van der Waals surface area contributed by atoms with E-state index in [2.05, 4.69) is 4.98 Å². The monoisotopic (exact) mass is 331 g/mol. The number of furan rings is 1. The lowest BCUT2D eigenvalue weighted by atomic mass is 10.1. The molecular formula is C18H21NO5. The van der Waals surface area contributed by atoms with Crippen molar-refractivity contribution in [3.8, 4) is 17.2 Å². The molecule has 24 heavy (non-hydrogen) atoms. The van der Waals surface area contributed by atoms with E-state index in [1.807, 2.05) is 26.0 Å². The molecule has 0 amide bonds. The van der Waals surface area contributed by atoms with Gasteiger partial charge in [-0.05, 0) is 24.1 Å². The average molecular weight is 331 g/mol. The van der Waals surface area contributed by atoms with E-state index in [-0.39, 0.29) is 12.5 Å². The quantitative estimate of drug-likeness (QED) is 0.746. The molecule has 1 atom stereocenters. The minimum absolute atomic E-state index is 0.109. The van der Waals surface area contributed by atoms with Crippen LogP contribution in [0.15, 0.2) is 28.9 Å². The van der Waals surface area contributed by atoms with Crippen molar-refractivity contribution < 1.29 is 23.7 Å². The van der Waals surface area contributed by atoms with Crippen LogP contribution in [0.5, 0.6) is 17.2 Å². The van der Waals surface area contributed by atoms with Gasteiger partial charge in [0.15, 0.2) is 11.5 Å². The fraction of sp³-hybridized carbons (Fsp3) is 0.389. The summed E-state index contributed by atoms with van der Waals surface area (Å²) in [6.07, 6.45) is 1.02. The Hall–Kier alpha value is -2.47. The third-order valence-electron chi connectivity index (χ3n) is 4.03. The van der Waals surface area contributed by atoms with Gasteiger partial charge >= 0.3 is 0 Å². The van der Waals surface area contributed by atoms with Crippen LogP contribution in [0.4, 0.5) is 0 Å². The summed E-state index contributed by atoms with van der Waals surface area (Å²) < 4.78 is 22.2. The lowest BCUT2D eigenvalue weighted by Crippen LogP contribution is -2.23. The molecule has 3 rings (SSSR count). The van der Waals surface area contributed by atoms with Gasteiger partial charge in [-0.2, -0.15) is 0 Å². The molecule has 2 aromatic heterocycles. The number of nitrogens with zero attached hydrogens (tertiary/aromatic N) is 1. The smallest absolute Gasteiger partial charge is 0.230 e.